The molecule has 116 valence electrons. The second kappa shape index (κ2) is 6.87. The van der Waals surface area contributed by atoms with Gasteiger partial charge in [-0.25, -0.2) is 0 Å². The van der Waals surface area contributed by atoms with Crippen molar-refractivity contribution in [2.75, 3.05) is 25.1 Å². The van der Waals surface area contributed by atoms with Crippen LogP contribution in [0.5, 0.6) is 0 Å². The summed E-state index contributed by atoms with van der Waals surface area (Å²) in [4.78, 5) is 0. The first-order valence-electron chi connectivity index (χ1n) is 7.21. The Hall–Kier alpha value is 0.380. The van der Waals surface area contributed by atoms with E-state index in [0.717, 1.165) is 64.6 Å². The van der Waals surface area contributed by atoms with E-state index in [1.165, 1.54) is 0 Å². The van der Waals surface area contributed by atoms with Gasteiger partial charge >= 0.3 is 0 Å². The van der Waals surface area contributed by atoms with Gasteiger partial charge < -0.3 is 14.8 Å². The summed E-state index contributed by atoms with van der Waals surface area (Å²) >= 11 is 10.8. The molecule has 2 aliphatic heterocycles. The van der Waals surface area contributed by atoms with E-state index in [9.17, 15) is 0 Å². The predicted molar refractivity (Wildman–Crippen MR) is 94.9 cm³/mol. The molecule has 0 aliphatic carbocycles. The number of anilines is 1. The SMILES string of the molecule is Brc1cc(Br)c(NC2CCOC3(CCOCC3)C2)c(Br)c1. The van der Waals surface area contributed by atoms with E-state index >= 15 is 0 Å². The number of ether oxygens (including phenoxy) is 2. The molecule has 0 bridgehead atoms. The third-order valence-electron chi connectivity index (χ3n) is 4.25. The minimum Gasteiger partial charge on any atom is -0.381 e. The molecule has 3 nitrogen and oxygen atoms in total. The number of rotatable bonds is 2. The molecule has 1 N–H and O–H groups in total. The molecule has 2 fully saturated rings. The molecule has 1 spiro atoms. The van der Waals surface area contributed by atoms with Crippen molar-refractivity contribution in [2.24, 2.45) is 0 Å². The van der Waals surface area contributed by atoms with Crippen molar-refractivity contribution in [3.63, 3.8) is 0 Å². The lowest BCUT2D eigenvalue weighted by atomic mass is 9.84. The molecule has 2 aliphatic rings. The zero-order valence-corrected chi connectivity index (χ0v) is 16.4. The van der Waals surface area contributed by atoms with Gasteiger partial charge in [0.05, 0.1) is 11.3 Å². The molecule has 2 saturated heterocycles. The number of benzene rings is 1. The van der Waals surface area contributed by atoms with Crippen LogP contribution in [0.15, 0.2) is 25.6 Å². The van der Waals surface area contributed by atoms with Gasteiger partial charge in [-0.2, -0.15) is 0 Å². The van der Waals surface area contributed by atoms with Crippen LogP contribution >= 0.6 is 47.8 Å². The molecule has 2 heterocycles. The third kappa shape index (κ3) is 3.83. The Morgan fingerprint density at radius 3 is 2.38 bits per heavy atom. The Labute approximate surface area is 150 Å². The molecule has 1 atom stereocenters. The summed E-state index contributed by atoms with van der Waals surface area (Å²) in [6.07, 6.45) is 4.10. The molecule has 1 aromatic carbocycles. The second-order valence-corrected chi connectivity index (χ2v) is 8.35. The molecule has 3 rings (SSSR count). The minimum absolute atomic E-state index is 0.0164. The van der Waals surface area contributed by atoms with E-state index in [0.29, 0.717) is 6.04 Å². The fraction of sp³-hybridized carbons (Fsp3) is 0.600. The Morgan fingerprint density at radius 2 is 1.71 bits per heavy atom. The Balaban J connectivity index is 1.73. The number of nitrogens with one attached hydrogen (secondary N) is 1. The first-order chi connectivity index (χ1) is 10.1. The Morgan fingerprint density at radius 1 is 1.05 bits per heavy atom. The van der Waals surface area contributed by atoms with Crippen LogP contribution in [-0.2, 0) is 9.47 Å². The van der Waals surface area contributed by atoms with Crippen LogP contribution in [0.25, 0.3) is 0 Å². The third-order valence-corrected chi connectivity index (χ3v) is 5.96. The molecule has 1 unspecified atom stereocenters. The summed E-state index contributed by atoms with van der Waals surface area (Å²) < 4.78 is 14.8. The highest BCUT2D eigenvalue weighted by Crippen LogP contribution is 2.39. The van der Waals surface area contributed by atoms with E-state index < -0.39 is 0 Å². The van der Waals surface area contributed by atoms with Gasteiger partial charge in [-0.05, 0) is 69.7 Å². The van der Waals surface area contributed by atoms with Crippen molar-refractivity contribution in [3.8, 4) is 0 Å². The fourth-order valence-electron chi connectivity index (χ4n) is 3.13. The van der Waals surface area contributed by atoms with Gasteiger partial charge in [0.2, 0.25) is 0 Å². The second-order valence-electron chi connectivity index (χ2n) is 5.72. The first kappa shape index (κ1) is 16.2. The average molecular weight is 484 g/mol. The molecule has 21 heavy (non-hydrogen) atoms. The highest BCUT2D eigenvalue weighted by atomic mass is 79.9. The average Bonchev–Trinajstić information content (AvgIpc) is 2.44. The predicted octanol–water partition coefficient (Wildman–Crippen LogP) is 5.11. The van der Waals surface area contributed by atoms with Gasteiger partial charge in [-0.1, -0.05) is 15.9 Å². The van der Waals surface area contributed by atoms with Crippen LogP contribution in [-0.4, -0.2) is 31.5 Å². The zero-order chi connectivity index (χ0) is 14.9. The topological polar surface area (TPSA) is 30.5 Å². The largest absolute Gasteiger partial charge is 0.381 e. The molecule has 0 amide bonds. The van der Waals surface area contributed by atoms with Gasteiger partial charge in [0.1, 0.15) is 0 Å². The quantitative estimate of drug-likeness (QED) is 0.633. The highest BCUT2D eigenvalue weighted by molar-refractivity contribution is 9.11. The Kier molecular flexibility index (Phi) is 5.31. The summed E-state index contributed by atoms with van der Waals surface area (Å²) in [6, 6.07) is 4.57. The van der Waals surface area contributed by atoms with Crippen LogP contribution in [0.1, 0.15) is 25.7 Å². The van der Waals surface area contributed by atoms with Crippen LogP contribution in [0.2, 0.25) is 0 Å². The molecule has 0 aromatic heterocycles. The molecular weight excluding hydrogens is 466 g/mol. The molecule has 1 aromatic rings. The van der Waals surface area contributed by atoms with Crippen molar-refractivity contribution < 1.29 is 9.47 Å². The van der Waals surface area contributed by atoms with Crippen molar-refractivity contribution in [1.29, 1.82) is 0 Å². The van der Waals surface area contributed by atoms with E-state index in [-0.39, 0.29) is 5.60 Å². The van der Waals surface area contributed by atoms with E-state index in [1.807, 2.05) is 0 Å². The number of hydrogen-bond acceptors (Lipinski definition) is 3. The van der Waals surface area contributed by atoms with Crippen LogP contribution < -0.4 is 5.32 Å². The lowest BCUT2D eigenvalue weighted by Crippen LogP contribution is -2.47. The van der Waals surface area contributed by atoms with E-state index in [4.69, 9.17) is 9.47 Å². The molecule has 0 saturated carbocycles. The standard InChI is InChI=1S/C15H18Br3NO2/c16-10-7-12(17)14(13(18)8-10)19-11-1-4-21-15(9-11)2-5-20-6-3-15/h7-8,11,19H,1-6,9H2. The first-order valence-corrected chi connectivity index (χ1v) is 9.59. The Bertz CT molecular complexity index is 489. The normalized spacial score (nSPS) is 25.0. The maximum atomic E-state index is 6.10. The van der Waals surface area contributed by atoms with Crippen molar-refractivity contribution >= 4 is 53.5 Å². The smallest absolute Gasteiger partial charge is 0.0745 e. The maximum Gasteiger partial charge on any atom is 0.0745 e. The van der Waals surface area contributed by atoms with Crippen molar-refractivity contribution in [3.05, 3.63) is 25.6 Å². The minimum atomic E-state index is 0.0164. The highest BCUT2D eigenvalue weighted by Gasteiger charge is 2.39. The summed E-state index contributed by atoms with van der Waals surface area (Å²) in [7, 11) is 0. The molecule has 6 heteroatoms. The molecule has 0 radical (unpaired) electrons. The number of halogens is 3. The lowest BCUT2D eigenvalue weighted by Gasteiger charge is -2.43. The summed E-state index contributed by atoms with van der Waals surface area (Å²) in [5, 5.41) is 3.68. The van der Waals surface area contributed by atoms with Gasteiger partial charge in [0.25, 0.3) is 0 Å². The van der Waals surface area contributed by atoms with E-state index in [1.54, 1.807) is 0 Å². The van der Waals surface area contributed by atoms with Crippen LogP contribution in [0.4, 0.5) is 5.69 Å². The van der Waals surface area contributed by atoms with Gasteiger partial charge in [-0.3, -0.25) is 0 Å². The maximum absolute atomic E-state index is 6.10. The van der Waals surface area contributed by atoms with Crippen LogP contribution in [0, 0.1) is 0 Å². The van der Waals surface area contributed by atoms with Crippen LogP contribution in [0.3, 0.4) is 0 Å². The zero-order valence-electron chi connectivity index (χ0n) is 11.6. The summed E-state index contributed by atoms with van der Waals surface area (Å²) in [6.45, 7) is 2.46. The number of hydrogen-bond donors (Lipinski definition) is 1. The van der Waals surface area contributed by atoms with Gasteiger partial charge in [0.15, 0.2) is 0 Å². The summed E-state index contributed by atoms with van der Waals surface area (Å²) in [5.74, 6) is 0. The summed E-state index contributed by atoms with van der Waals surface area (Å²) in [5.41, 5.74) is 1.13. The van der Waals surface area contributed by atoms with E-state index in [2.05, 4.69) is 65.2 Å². The van der Waals surface area contributed by atoms with Crippen molar-refractivity contribution in [2.45, 2.75) is 37.3 Å². The van der Waals surface area contributed by atoms with Gasteiger partial charge in [0, 0.05) is 39.3 Å². The van der Waals surface area contributed by atoms with Gasteiger partial charge in [-0.15, -0.1) is 0 Å². The lowest BCUT2D eigenvalue weighted by molar-refractivity contribution is -0.135. The van der Waals surface area contributed by atoms with Crippen molar-refractivity contribution in [1.82, 2.24) is 0 Å². The monoisotopic (exact) mass is 481 g/mol. The molecular formula is C15H18Br3NO2. The fourth-order valence-corrected chi connectivity index (χ4v) is 5.61.